The van der Waals surface area contributed by atoms with Crippen molar-refractivity contribution in [1.29, 1.82) is 0 Å². The van der Waals surface area contributed by atoms with Crippen LogP contribution in [0.2, 0.25) is 0 Å². The van der Waals surface area contributed by atoms with E-state index in [1.807, 2.05) is 20.9 Å². The summed E-state index contributed by atoms with van der Waals surface area (Å²) in [6.07, 6.45) is 4.16. The topological polar surface area (TPSA) is 49.6 Å². The number of aromatic nitrogens is 2. The van der Waals surface area contributed by atoms with Gasteiger partial charge in [-0.25, -0.2) is 9.37 Å². The average Bonchev–Trinajstić information content (AvgIpc) is 3.29. The predicted octanol–water partition coefficient (Wildman–Crippen LogP) is 3.20. The maximum Gasteiger partial charge on any atom is 0.271 e. The third kappa shape index (κ3) is 2.90. The number of amides is 1. The molecule has 2 aromatic heterocycles. The number of piperazine rings is 1. The highest BCUT2D eigenvalue weighted by Gasteiger charge is 2.35. The monoisotopic (exact) mass is 392 g/mol. The molecule has 8 heteroatoms. The number of imidazole rings is 1. The first-order valence-electron chi connectivity index (χ1n) is 8.45. The highest BCUT2D eigenvalue weighted by Crippen LogP contribution is 2.26. The molecule has 1 aromatic carbocycles. The number of benzene rings is 1. The number of fused-ring (bicyclic) bond motifs is 3. The lowest BCUT2D eigenvalue weighted by Crippen LogP contribution is -2.53. The van der Waals surface area contributed by atoms with Crippen molar-refractivity contribution >= 4 is 34.6 Å². The smallest absolute Gasteiger partial charge is 0.271 e. The number of nitrogens with zero attached hydrogens (tertiary/aromatic N) is 3. The Morgan fingerprint density at radius 3 is 2.58 bits per heavy atom. The van der Waals surface area contributed by atoms with Crippen LogP contribution in [0, 0.1) is 5.82 Å². The molecule has 1 amide bonds. The van der Waals surface area contributed by atoms with Crippen LogP contribution >= 0.6 is 23.7 Å². The van der Waals surface area contributed by atoms with Crippen LogP contribution in [0.15, 0.2) is 35.8 Å². The fourth-order valence-electron chi connectivity index (χ4n) is 3.82. The van der Waals surface area contributed by atoms with Gasteiger partial charge in [0.1, 0.15) is 11.5 Å². The van der Waals surface area contributed by atoms with E-state index in [1.54, 1.807) is 12.1 Å². The van der Waals surface area contributed by atoms with Gasteiger partial charge in [-0.1, -0.05) is 0 Å². The lowest BCUT2D eigenvalue weighted by Gasteiger charge is -2.32. The normalized spacial score (nSPS) is 21.8. The van der Waals surface area contributed by atoms with Crippen LogP contribution in [0.5, 0.6) is 0 Å². The molecule has 2 aliphatic rings. The van der Waals surface area contributed by atoms with Crippen molar-refractivity contribution in [2.45, 2.75) is 24.9 Å². The molecule has 3 aromatic rings. The number of hydrogen-bond donors (Lipinski definition) is 1. The Balaban J connectivity index is 0.00000168. The molecule has 0 saturated carbocycles. The van der Waals surface area contributed by atoms with Crippen molar-refractivity contribution in [3.63, 3.8) is 0 Å². The van der Waals surface area contributed by atoms with Crippen LogP contribution in [-0.4, -0.2) is 45.4 Å². The first-order chi connectivity index (χ1) is 12.2. The number of halogens is 2. The number of rotatable bonds is 2. The minimum absolute atomic E-state index is 0. The fraction of sp³-hybridized carbons (Fsp3) is 0.333. The summed E-state index contributed by atoms with van der Waals surface area (Å²) in [6.45, 7) is 1.54. The highest BCUT2D eigenvalue weighted by molar-refractivity contribution is 7.15. The molecule has 2 fully saturated rings. The second-order valence-electron chi connectivity index (χ2n) is 6.75. The average molecular weight is 393 g/mol. The Kier molecular flexibility index (Phi) is 4.46. The summed E-state index contributed by atoms with van der Waals surface area (Å²) < 4.78 is 15.0. The molecule has 2 saturated heterocycles. The van der Waals surface area contributed by atoms with Gasteiger partial charge in [-0.05, 0) is 37.1 Å². The predicted molar refractivity (Wildman–Crippen MR) is 102 cm³/mol. The van der Waals surface area contributed by atoms with Crippen LogP contribution in [0.4, 0.5) is 4.39 Å². The SMILES string of the molecule is Cl.O=C(c1csc2nc(-c3ccc(F)cc3)cn12)N1C[C@H]2CC[C@@H](C1)N2. The molecular formula is C18H18ClFN4OS. The maximum absolute atomic E-state index is 13.1. The van der Waals surface area contributed by atoms with Crippen molar-refractivity contribution in [3.8, 4) is 11.3 Å². The Bertz CT molecular complexity index is 942. The van der Waals surface area contributed by atoms with E-state index in [0.717, 1.165) is 42.1 Å². The summed E-state index contributed by atoms with van der Waals surface area (Å²) in [5.74, 6) is -0.207. The maximum atomic E-state index is 13.1. The molecule has 5 rings (SSSR count). The van der Waals surface area contributed by atoms with Gasteiger partial charge in [0, 0.05) is 42.3 Å². The third-order valence-electron chi connectivity index (χ3n) is 5.07. The van der Waals surface area contributed by atoms with Crippen molar-refractivity contribution in [1.82, 2.24) is 19.6 Å². The Labute approximate surface area is 160 Å². The van der Waals surface area contributed by atoms with E-state index in [2.05, 4.69) is 10.3 Å². The summed E-state index contributed by atoms with van der Waals surface area (Å²) in [5.41, 5.74) is 2.25. The van der Waals surface area contributed by atoms with Gasteiger partial charge < -0.3 is 10.2 Å². The van der Waals surface area contributed by atoms with E-state index in [1.165, 1.54) is 23.5 Å². The van der Waals surface area contributed by atoms with Gasteiger partial charge in [-0.2, -0.15) is 0 Å². The van der Waals surface area contributed by atoms with E-state index in [-0.39, 0.29) is 24.1 Å². The van der Waals surface area contributed by atoms with E-state index in [9.17, 15) is 9.18 Å². The number of likely N-dealkylation sites (tertiary alicyclic amines) is 1. The van der Waals surface area contributed by atoms with Crippen LogP contribution in [0.25, 0.3) is 16.2 Å². The molecule has 1 N–H and O–H groups in total. The molecule has 0 aliphatic carbocycles. The lowest BCUT2D eigenvalue weighted by molar-refractivity contribution is 0.0691. The molecule has 136 valence electrons. The van der Waals surface area contributed by atoms with Gasteiger partial charge in [0.05, 0.1) is 5.69 Å². The van der Waals surface area contributed by atoms with Crippen LogP contribution in [0.1, 0.15) is 23.3 Å². The first kappa shape index (κ1) is 17.5. The van der Waals surface area contributed by atoms with Crippen LogP contribution < -0.4 is 5.32 Å². The number of hydrogen-bond acceptors (Lipinski definition) is 4. The van der Waals surface area contributed by atoms with Gasteiger partial charge >= 0.3 is 0 Å². The molecule has 4 heterocycles. The van der Waals surface area contributed by atoms with Gasteiger partial charge in [0.2, 0.25) is 0 Å². The van der Waals surface area contributed by atoms with E-state index in [0.29, 0.717) is 17.8 Å². The van der Waals surface area contributed by atoms with Gasteiger partial charge in [0.15, 0.2) is 4.96 Å². The minimum atomic E-state index is -0.269. The van der Waals surface area contributed by atoms with Gasteiger partial charge in [0.25, 0.3) is 5.91 Å². The van der Waals surface area contributed by atoms with Crippen LogP contribution in [-0.2, 0) is 0 Å². The molecule has 0 radical (unpaired) electrons. The first-order valence-corrected chi connectivity index (χ1v) is 9.33. The molecule has 5 nitrogen and oxygen atoms in total. The van der Waals surface area contributed by atoms with E-state index >= 15 is 0 Å². The standard InChI is InChI=1S/C18H17FN4OS.ClH/c19-12-3-1-11(2-4-12)15-9-23-16(10-25-18(23)21-15)17(24)22-7-13-5-6-14(8-22)20-13;/h1-4,9-10,13-14,20H,5-8H2;1H/t13-,14+;. The zero-order valence-electron chi connectivity index (χ0n) is 13.9. The molecule has 0 spiro atoms. The van der Waals surface area contributed by atoms with E-state index < -0.39 is 0 Å². The molecule has 26 heavy (non-hydrogen) atoms. The van der Waals surface area contributed by atoms with Gasteiger partial charge in [-0.3, -0.25) is 9.20 Å². The Hall–Kier alpha value is -1.96. The summed E-state index contributed by atoms with van der Waals surface area (Å²) in [7, 11) is 0. The summed E-state index contributed by atoms with van der Waals surface area (Å²) in [5, 5.41) is 5.42. The fourth-order valence-corrected chi connectivity index (χ4v) is 4.67. The van der Waals surface area contributed by atoms with Crippen molar-refractivity contribution in [3.05, 3.63) is 47.4 Å². The molecule has 2 atom stereocenters. The van der Waals surface area contributed by atoms with Crippen molar-refractivity contribution in [2.24, 2.45) is 0 Å². The van der Waals surface area contributed by atoms with Gasteiger partial charge in [-0.15, -0.1) is 23.7 Å². The van der Waals surface area contributed by atoms with Crippen molar-refractivity contribution < 1.29 is 9.18 Å². The Morgan fingerprint density at radius 1 is 1.19 bits per heavy atom. The minimum Gasteiger partial charge on any atom is -0.334 e. The largest absolute Gasteiger partial charge is 0.334 e. The lowest BCUT2D eigenvalue weighted by atomic mass is 10.2. The number of nitrogens with one attached hydrogen (secondary N) is 1. The summed E-state index contributed by atoms with van der Waals surface area (Å²) in [6, 6.07) is 7.11. The van der Waals surface area contributed by atoms with E-state index in [4.69, 9.17) is 0 Å². The van der Waals surface area contributed by atoms with Crippen molar-refractivity contribution in [2.75, 3.05) is 13.1 Å². The zero-order chi connectivity index (χ0) is 17.0. The number of thiazole rings is 1. The number of carbonyl (C=O) groups excluding carboxylic acids is 1. The highest BCUT2D eigenvalue weighted by atomic mass is 35.5. The Morgan fingerprint density at radius 2 is 1.88 bits per heavy atom. The third-order valence-corrected chi connectivity index (χ3v) is 5.91. The molecular weight excluding hydrogens is 375 g/mol. The van der Waals surface area contributed by atoms with Crippen LogP contribution in [0.3, 0.4) is 0 Å². The number of carbonyl (C=O) groups is 1. The summed E-state index contributed by atoms with van der Waals surface area (Å²) in [4.78, 5) is 20.3. The summed E-state index contributed by atoms with van der Waals surface area (Å²) >= 11 is 1.46. The molecule has 2 aliphatic heterocycles. The zero-order valence-corrected chi connectivity index (χ0v) is 15.5. The molecule has 0 unspecified atom stereocenters. The second kappa shape index (κ2) is 6.64. The second-order valence-corrected chi connectivity index (χ2v) is 7.59. The molecule has 2 bridgehead atoms. The quantitative estimate of drug-likeness (QED) is 0.728.